The first-order valence-electron chi connectivity index (χ1n) is 2.31. The Morgan fingerprint density at radius 3 is 1.09 bits per heavy atom. The Hall–Kier alpha value is -0.871. The minimum Gasteiger partial charge on any atom is -0.481 e. The third kappa shape index (κ3) is 47.4. The molecule has 0 atom stereocenters. The van der Waals surface area contributed by atoms with Crippen LogP contribution in [0.1, 0.15) is 13.8 Å². The van der Waals surface area contributed by atoms with Crippen LogP contribution in [0.15, 0.2) is 0 Å². The molecule has 11 heavy (non-hydrogen) atoms. The molecule has 0 rings (SSSR count). The second kappa shape index (κ2) is 9.13. The van der Waals surface area contributed by atoms with Gasteiger partial charge in [0, 0.05) is 30.9 Å². The molecule has 0 radical (unpaired) electrons. The summed E-state index contributed by atoms with van der Waals surface area (Å²) in [6.07, 6.45) is 0. The van der Waals surface area contributed by atoms with Crippen molar-refractivity contribution in [3.63, 3.8) is 0 Å². The second-order valence-electron chi connectivity index (χ2n) is 1.38. The molecule has 0 bridgehead atoms. The van der Waals surface area contributed by atoms with E-state index in [1.807, 2.05) is 0 Å². The van der Waals surface area contributed by atoms with Crippen molar-refractivity contribution in [3.05, 3.63) is 0 Å². The molecule has 0 saturated heterocycles. The number of Topliss-reactive ketones (excluding diaryl/α,β-unsaturated/α-hetero) is 1. The van der Waals surface area contributed by atoms with Gasteiger partial charge in [-0.25, -0.2) is 4.79 Å². The predicted octanol–water partition coefficient (Wildman–Crippen LogP) is -0.252. The minimum absolute atomic E-state index is 0. The number of hydrogen-bond acceptors (Lipinski definition) is 3. The van der Waals surface area contributed by atoms with E-state index >= 15 is 0 Å². The van der Waals surface area contributed by atoms with Crippen LogP contribution in [0.3, 0.4) is 0 Å². The monoisotopic (exact) mass is 204 g/mol. The van der Waals surface area contributed by atoms with Crippen molar-refractivity contribution in [2.24, 2.45) is 0 Å². The van der Waals surface area contributed by atoms with Gasteiger partial charge in [-0.15, -0.1) is 0 Å². The zero-order valence-corrected chi connectivity index (χ0v) is 7.08. The van der Waals surface area contributed by atoms with Crippen LogP contribution in [-0.4, -0.2) is 27.9 Å². The van der Waals surface area contributed by atoms with Gasteiger partial charge in [-0.05, 0) is 0 Å². The van der Waals surface area contributed by atoms with Gasteiger partial charge >= 0.3 is 5.97 Å². The molecule has 66 valence electrons. The Balaban J connectivity index is -0.000000114. The van der Waals surface area contributed by atoms with Crippen molar-refractivity contribution in [1.82, 2.24) is 0 Å². The summed E-state index contributed by atoms with van der Waals surface area (Å²) in [5.41, 5.74) is 0. The number of carboxylic acids is 2. The SMILES string of the molecule is CC(=O)C(=O)O.CC(=O)O.[Fe]. The molecule has 0 heterocycles. The molecule has 0 aromatic heterocycles. The molecular weight excluding hydrogens is 196 g/mol. The molecule has 0 amide bonds. The van der Waals surface area contributed by atoms with E-state index in [4.69, 9.17) is 15.0 Å². The zero-order chi connectivity index (χ0) is 8.73. The van der Waals surface area contributed by atoms with Crippen molar-refractivity contribution in [2.45, 2.75) is 13.8 Å². The molecule has 6 heteroatoms. The van der Waals surface area contributed by atoms with Crippen molar-refractivity contribution in [2.75, 3.05) is 0 Å². The summed E-state index contributed by atoms with van der Waals surface area (Å²) in [5.74, 6) is -3.04. The van der Waals surface area contributed by atoms with Crippen LogP contribution < -0.4 is 0 Å². The molecule has 2 N–H and O–H groups in total. The van der Waals surface area contributed by atoms with Crippen LogP contribution in [0.4, 0.5) is 0 Å². The van der Waals surface area contributed by atoms with Gasteiger partial charge in [0.05, 0.1) is 0 Å². The smallest absolute Gasteiger partial charge is 0.371 e. The average Bonchev–Trinajstić information content (AvgIpc) is 1.63. The maximum atomic E-state index is 9.54. The first kappa shape index (κ1) is 16.6. The normalized spacial score (nSPS) is 6.36. The van der Waals surface area contributed by atoms with E-state index in [9.17, 15) is 9.59 Å². The van der Waals surface area contributed by atoms with Gasteiger partial charge in [0.1, 0.15) is 0 Å². The topological polar surface area (TPSA) is 91.7 Å². The van der Waals surface area contributed by atoms with Gasteiger partial charge in [0.25, 0.3) is 5.97 Å². The van der Waals surface area contributed by atoms with Gasteiger partial charge < -0.3 is 10.2 Å². The summed E-state index contributed by atoms with van der Waals surface area (Å²) in [5, 5.41) is 15.1. The van der Waals surface area contributed by atoms with Crippen LogP contribution in [0.25, 0.3) is 0 Å². The number of aliphatic carboxylic acids is 2. The number of hydrogen-bond donors (Lipinski definition) is 2. The molecule has 0 saturated carbocycles. The maximum absolute atomic E-state index is 9.54. The minimum atomic E-state index is -1.38. The van der Waals surface area contributed by atoms with E-state index in [2.05, 4.69) is 0 Å². The number of carbonyl (C=O) groups excluding carboxylic acids is 1. The third-order valence-electron chi connectivity index (χ3n) is 0.301. The summed E-state index contributed by atoms with van der Waals surface area (Å²) in [6, 6.07) is 0. The number of carbonyl (C=O) groups is 3. The summed E-state index contributed by atoms with van der Waals surface area (Å²) in [7, 11) is 0. The summed E-state index contributed by atoms with van der Waals surface area (Å²) in [6.45, 7) is 2.09. The van der Waals surface area contributed by atoms with E-state index in [1.54, 1.807) is 0 Å². The Bertz CT molecular complexity index is 137. The van der Waals surface area contributed by atoms with Crippen molar-refractivity contribution in [3.8, 4) is 0 Å². The number of ketones is 1. The summed E-state index contributed by atoms with van der Waals surface area (Å²) >= 11 is 0. The van der Waals surface area contributed by atoms with E-state index in [1.165, 1.54) is 0 Å². The van der Waals surface area contributed by atoms with Crippen LogP contribution in [0, 0.1) is 0 Å². The molecule has 0 aliphatic rings. The van der Waals surface area contributed by atoms with Gasteiger partial charge in [0.15, 0.2) is 0 Å². The molecule has 0 spiro atoms. The molecule has 0 unspecified atom stereocenters. The quantitative estimate of drug-likeness (QED) is 0.453. The Kier molecular flexibility index (Phi) is 13.8. The Morgan fingerprint density at radius 1 is 1.00 bits per heavy atom. The summed E-state index contributed by atoms with van der Waals surface area (Å²) < 4.78 is 0. The maximum Gasteiger partial charge on any atom is 0.371 e. The molecule has 5 nitrogen and oxygen atoms in total. The number of carboxylic acid groups (broad SMARTS) is 2. The zero-order valence-electron chi connectivity index (χ0n) is 5.97. The molecule has 0 aliphatic heterocycles. The van der Waals surface area contributed by atoms with E-state index in [0.29, 0.717) is 0 Å². The van der Waals surface area contributed by atoms with Crippen molar-refractivity contribution < 1.29 is 41.7 Å². The predicted molar refractivity (Wildman–Crippen MR) is 31.6 cm³/mol. The fourth-order valence-electron chi connectivity index (χ4n) is 0. The standard InChI is InChI=1S/C3H4O3.C2H4O2.Fe/c1-2(4)3(5)6;1-2(3)4;/h1H3,(H,5,6);1H3,(H,3,4);. The fourth-order valence-corrected chi connectivity index (χ4v) is 0. The Morgan fingerprint density at radius 2 is 1.09 bits per heavy atom. The van der Waals surface area contributed by atoms with Gasteiger partial charge in [0.2, 0.25) is 5.78 Å². The van der Waals surface area contributed by atoms with Crippen LogP contribution >= 0.6 is 0 Å². The number of rotatable bonds is 1. The van der Waals surface area contributed by atoms with E-state index in [-0.39, 0.29) is 17.1 Å². The summed E-state index contributed by atoms with van der Waals surface area (Å²) in [4.78, 5) is 27.9. The van der Waals surface area contributed by atoms with Crippen molar-refractivity contribution >= 4 is 17.7 Å². The second-order valence-corrected chi connectivity index (χ2v) is 1.38. The van der Waals surface area contributed by atoms with Crippen LogP contribution in [-0.2, 0) is 31.5 Å². The molecule has 0 aromatic carbocycles. The van der Waals surface area contributed by atoms with Gasteiger partial charge in [-0.3, -0.25) is 9.59 Å². The van der Waals surface area contributed by atoms with E-state index < -0.39 is 17.7 Å². The van der Waals surface area contributed by atoms with E-state index in [0.717, 1.165) is 13.8 Å². The molecule has 0 aromatic rings. The largest absolute Gasteiger partial charge is 0.481 e. The molecular formula is C5H8FeO5. The fraction of sp³-hybridized carbons (Fsp3) is 0.400. The Labute approximate surface area is 73.9 Å². The van der Waals surface area contributed by atoms with Crippen LogP contribution in [0.5, 0.6) is 0 Å². The average molecular weight is 204 g/mol. The van der Waals surface area contributed by atoms with Gasteiger partial charge in [-0.1, -0.05) is 0 Å². The first-order chi connectivity index (χ1) is 4.37. The molecule has 0 fully saturated rings. The van der Waals surface area contributed by atoms with Crippen molar-refractivity contribution in [1.29, 1.82) is 0 Å². The third-order valence-corrected chi connectivity index (χ3v) is 0.301. The first-order valence-corrected chi connectivity index (χ1v) is 2.31. The van der Waals surface area contributed by atoms with Crippen LogP contribution in [0.2, 0.25) is 0 Å². The molecule has 0 aliphatic carbocycles. The van der Waals surface area contributed by atoms with Gasteiger partial charge in [-0.2, -0.15) is 0 Å².